The Hall–Kier alpha value is -3.44. The van der Waals surface area contributed by atoms with Crippen LogP contribution in [0.15, 0.2) is 97.3 Å². The standard InChI is InChI=1S/C26H24N4S/c1-19-9-7-12-21(17-19)29-16-8-14-23(29)25-24(22-13-5-6-15-27-22)28-26(31)30(25)18-20-10-3-2-4-11-20/h2-17,24-25H,18H2,1H3,(H,28,31)/t24-,25-/m1/s1. The van der Waals surface area contributed by atoms with Gasteiger partial charge in [-0.1, -0.05) is 48.5 Å². The maximum Gasteiger partial charge on any atom is 0.170 e. The SMILES string of the molecule is Cc1cccc(-n2cccc2[C@@H]2[C@@H](c3ccccn3)NC(=S)N2Cc2ccccc2)c1. The summed E-state index contributed by atoms with van der Waals surface area (Å²) in [6, 6.07) is 29.4. The van der Waals surface area contributed by atoms with Crippen LogP contribution in [0, 0.1) is 6.92 Å². The second kappa shape index (κ2) is 8.36. The van der Waals surface area contributed by atoms with Gasteiger partial charge in [-0.15, -0.1) is 0 Å². The number of aryl methyl sites for hydroxylation is 1. The number of thiocarbonyl (C=S) groups is 1. The average Bonchev–Trinajstić information content (AvgIpc) is 3.40. The molecule has 31 heavy (non-hydrogen) atoms. The van der Waals surface area contributed by atoms with E-state index in [0.29, 0.717) is 0 Å². The Morgan fingerprint density at radius 3 is 2.55 bits per heavy atom. The Bertz CT molecular complexity index is 1190. The Balaban J connectivity index is 1.61. The minimum Gasteiger partial charge on any atom is -0.352 e. The largest absolute Gasteiger partial charge is 0.352 e. The Morgan fingerprint density at radius 2 is 1.77 bits per heavy atom. The van der Waals surface area contributed by atoms with Crippen molar-refractivity contribution in [3.63, 3.8) is 0 Å². The third kappa shape index (κ3) is 3.84. The molecule has 0 aliphatic carbocycles. The number of nitrogens with zero attached hydrogens (tertiary/aromatic N) is 3. The van der Waals surface area contributed by atoms with Crippen LogP contribution in [0.4, 0.5) is 0 Å². The summed E-state index contributed by atoms with van der Waals surface area (Å²) in [6.45, 7) is 2.86. The Labute approximate surface area is 188 Å². The number of nitrogens with one attached hydrogen (secondary N) is 1. The molecule has 0 saturated carbocycles. The zero-order valence-corrected chi connectivity index (χ0v) is 18.2. The number of hydrogen-bond acceptors (Lipinski definition) is 2. The number of rotatable bonds is 5. The van der Waals surface area contributed by atoms with Gasteiger partial charge in [0.05, 0.1) is 17.8 Å². The summed E-state index contributed by atoms with van der Waals surface area (Å²) in [7, 11) is 0. The van der Waals surface area contributed by atoms with Crippen molar-refractivity contribution in [3.05, 3.63) is 120 Å². The molecule has 5 rings (SSSR count). The van der Waals surface area contributed by atoms with Crippen molar-refractivity contribution in [2.24, 2.45) is 0 Å². The molecule has 1 aliphatic rings. The second-order valence-electron chi connectivity index (χ2n) is 7.88. The molecular weight excluding hydrogens is 400 g/mol. The fourth-order valence-electron chi connectivity index (χ4n) is 4.33. The van der Waals surface area contributed by atoms with Gasteiger partial charge in [-0.2, -0.15) is 0 Å². The van der Waals surface area contributed by atoms with Crippen molar-refractivity contribution < 1.29 is 0 Å². The molecule has 5 heteroatoms. The van der Waals surface area contributed by atoms with Gasteiger partial charge in [0.15, 0.2) is 5.11 Å². The van der Waals surface area contributed by atoms with Crippen LogP contribution in [0.1, 0.15) is 34.6 Å². The summed E-state index contributed by atoms with van der Waals surface area (Å²) in [4.78, 5) is 6.94. The molecule has 1 fully saturated rings. The molecule has 154 valence electrons. The molecule has 2 aromatic carbocycles. The highest BCUT2D eigenvalue weighted by atomic mass is 32.1. The number of hydrogen-bond donors (Lipinski definition) is 1. The monoisotopic (exact) mass is 424 g/mol. The predicted molar refractivity (Wildman–Crippen MR) is 128 cm³/mol. The molecule has 0 bridgehead atoms. The molecular formula is C26H24N4S. The van der Waals surface area contributed by atoms with Crippen molar-refractivity contribution in [1.29, 1.82) is 0 Å². The van der Waals surface area contributed by atoms with Gasteiger partial charge in [0.2, 0.25) is 0 Å². The Kier molecular flexibility index (Phi) is 5.26. The molecule has 3 heterocycles. The first kappa shape index (κ1) is 19.5. The molecule has 0 radical (unpaired) electrons. The summed E-state index contributed by atoms with van der Waals surface area (Å²) in [6.07, 6.45) is 3.97. The smallest absolute Gasteiger partial charge is 0.170 e. The van der Waals surface area contributed by atoms with E-state index in [4.69, 9.17) is 12.2 Å². The molecule has 4 nitrogen and oxygen atoms in total. The van der Waals surface area contributed by atoms with E-state index in [1.807, 2.05) is 24.4 Å². The topological polar surface area (TPSA) is 33.1 Å². The van der Waals surface area contributed by atoms with Crippen LogP contribution in [0.25, 0.3) is 5.69 Å². The van der Waals surface area contributed by atoms with Crippen LogP contribution in [-0.2, 0) is 6.54 Å². The first-order chi connectivity index (χ1) is 15.2. The quantitative estimate of drug-likeness (QED) is 0.438. The summed E-state index contributed by atoms with van der Waals surface area (Å²) in [5.41, 5.74) is 5.79. The molecule has 0 spiro atoms. The van der Waals surface area contributed by atoms with Gasteiger partial charge in [-0.05, 0) is 66.7 Å². The normalized spacial score (nSPS) is 18.2. The summed E-state index contributed by atoms with van der Waals surface area (Å²) >= 11 is 5.83. The maximum absolute atomic E-state index is 5.83. The molecule has 4 aromatic rings. The van der Waals surface area contributed by atoms with E-state index in [0.717, 1.165) is 23.0 Å². The third-order valence-corrected chi connectivity index (χ3v) is 6.11. The first-order valence-corrected chi connectivity index (χ1v) is 10.9. The van der Waals surface area contributed by atoms with Crippen molar-refractivity contribution in [2.75, 3.05) is 0 Å². The van der Waals surface area contributed by atoms with Gasteiger partial charge in [0.25, 0.3) is 0 Å². The molecule has 1 aliphatic heterocycles. The van der Waals surface area contributed by atoms with Gasteiger partial charge in [-0.25, -0.2) is 0 Å². The first-order valence-electron chi connectivity index (χ1n) is 10.5. The number of aromatic nitrogens is 2. The zero-order valence-electron chi connectivity index (χ0n) is 17.3. The molecule has 2 aromatic heterocycles. The van der Waals surface area contributed by atoms with Crippen molar-refractivity contribution in [1.82, 2.24) is 19.8 Å². The average molecular weight is 425 g/mol. The molecule has 1 saturated heterocycles. The van der Waals surface area contributed by atoms with Gasteiger partial charge in [-0.3, -0.25) is 4.98 Å². The lowest BCUT2D eigenvalue weighted by Crippen LogP contribution is -2.30. The minimum atomic E-state index is -0.0316. The van der Waals surface area contributed by atoms with Gasteiger partial charge in [0, 0.05) is 30.3 Å². The number of benzene rings is 2. The molecule has 0 amide bonds. The lowest BCUT2D eigenvalue weighted by molar-refractivity contribution is 0.302. The van der Waals surface area contributed by atoms with Crippen LogP contribution < -0.4 is 5.32 Å². The van der Waals surface area contributed by atoms with E-state index in [1.54, 1.807) is 0 Å². The van der Waals surface area contributed by atoms with E-state index >= 15 is 0 Å². The third-order valence-electron chi connectivity index (χ3n) is 5.76. The van der Waals surface area contributed by atoms with Crippen LogP contribution >= 0.6 is 12.2 Å². The predicted octanol–water partition coefficient (Wildman–Crippen LogP) is 5.35. The second-order valence-corrected chi connectivity index (χ2v) is 8.27. The fraction of sp³-hybridized carbons (Fsp3) is 0.154. The molecule has 2 atom stereocenters. The lowest BCUT2D eigenvalue weighted by atomic mass is 10.0. The highest BCUT2D eigenvalue weighted by molar-refractivity contribution is 7.80. The van der Waals surface area contributed by atoms with Gasteiger partial charge < -0.3 is 14.8 Å². The zero-order chi connectivity index (χ0) is 21.2. The maximum atomic E-state index is 5.83. The Morgan fingerprint density at radius 1 is 0.935 bits per heavy atom. The van der Waals surface area contributed by atoms with E-state index in [2.05, 4.69) is 99.6 Å². The lowest BCUT2D eigenvalue weighted by Gasteiger charge is -2.29. The van der Waals surface area contributed by atoms with E-state index in [9.17, 15) is 0 Å². The van der Waals surface area contributed by atoms with Crippen LogP contribution in [0.3, 0.4) is 0 Å². The van der Waals surface area contributed by atoms with Crippen molar-refractivity contribution >= 4 is 17.3 Å². The minimum absolute atomic E-state index is 0.0121. The van der Waals surface area contributed by atoms with E-state index < -0.39 is 0 Å². The van der Waals surface area contributed by atoms with E-state index in [1.165, 1.54) is 16.8 Å². The van der Waals surface area contributed by atoms with Crippen LogP contribution in [0.2, 0.25) is 0 Å². The summed E-state index contributed by atoms with van der Waals surface area (Å²) < 4.78 is 2.27. The highest BCUT2D eigenvalue weighted by Crippen LogP contribution is 2.40. The summed E-state index contributed by atoms with van der Waals surface area (Å²) in [5.74, 6) is 0. The van der Waals surface area contributed by atoms with E-state index in [-0.39, 0.29) is 12.1 Å². The fourth-order valence-corrected chi connectivity index (χ4v) is 4.63. The van der Waals surface area contributed by atoms with Gasteiger partial charge >= 0.3 is 0 Å². The van der Waals surface area contributed by atoms with Crippen molar-refractivity contribution in [2.45, 2.75) is 25.6 Å². The molecule has 0 unspecified atom stereocenters. The molecule has 1 N–H and O–H groups in total. The summed E-state index contributed by atoms with van der Waals surface area (Å²) in [5, 5.41) is 4.30. The van der Waals surface area contributed by atoms with Gasteiger partial charge in [0.1, 0.15) is 0 Å². The number of pyridine rings is 1. The van der Waals surface area contributed by atoms with Crippen LogP contribution in [0.5, 0.6) is 0 Å². The highest BCUT2D eigenvalue weighted by Gasteiger charge is 2.41. The van der Waals surface area contributed by atoms with Crippen molar-refractivity contribution in [3.8, 4) is 5.69 Å². The van der Waals surface area contributed by atoms with Crippen LogP contribution in [-0.4, -0.2) is 19.6 Å².